The Morgan fingerprint density at radius 3 is 2.56 bits per heavy atom. The van der Waals surface area contributed by atoms with E-state index in [0.717, 1.165) is 24.8 Å². The third-order valence-corrected chi connectivity index (χ3v) is 4.78. The highest BCUT2D eigenvalue weighted by Gasteiger charge is 2.48. The fourth-order valence-electron chi connectivity index (χ4n) is 2.83. The molecule has 0 amide bonds. The van der Waals surface area contributed by atoms with Crippen LogP contribution in [0.3, 0.4) is 0 Å². The summed E-state index contributed by atoms with van der Waals surface area (Å²) < 4.78 is 5.47. The Hall–Kier alpha value is -0.770. The average Bonchev–Trinajstić information content (AvgIpc) is 2.29. The molecule has 2 atom stereocenters. The zero-order chi connectivity index (χ0) is 13.2. The quantitative estimate of drug-likeness (QED) is 0.593. The summed E-state index contributed by atoms with van der Waals surface area (Å²) in [5, 5.41) is 6.96. The second-order valence-corrected chi connectivity index (χ2v) is 6.23. The molecule has 0 saturated heterocycles. The molecule has 2 aliphatic carbocycles. The average molecular weight is 253 g/mol. The van der Waals surface area contributed by atoms with Gasteiger partial charge in [0.15, 0.2) is 5.96 Å². The van der Waals surface area contributed by atoms with Gasteiger partial charge in [-0.05, 0) is 25.2 Å². The Morgan fingerprint density at radius 1 is 1.39 bits per heavy atom. The van der Waals surface area contributed by atoms with Gasteiger partial charge in [0.05, 0.1) is 6.10 Å². The molecule has 0 aromatic carbocycles. The van der Waals surface area contributed by atoms with Gasteiger partial charge in [-0.3, -0.25) is 4.99 Å². The van der Waals surface area contributed by atoms with Gasteiger partial charge in [-0.25, -0.2) is 0 Å². The van der Waals surface area contributed by atoms with Gasteiger partial charge < -0.3 is 15.4 Å². The van der Waals surface area contributed by atoms with Crippen LogP contribution in [0, 0.1) is 11.3 Å². The minimum atomic E-state index is 0.183. The SMILES string of the molecule is CN=C(NCC1CCC1)NC1CC(OC)C1(C)C. The Labute approximate surface area is 111 Å². The van der Waals surface area contributed by atoms with Crippen LogP contribution in [0.25, 0.3) is 0 Å². The third kappa shape index (κ3) is 2.63. The van der Waals surface area contributed by atoms with Crippen LogP contribution in [0.2, 0.25) is 0 Å². The van der Waals surface area contributed by atoms with Gasteiger partial charge in [-0.15, -0.1) is 0 Å². The van der Waals surface area contributed by atoms with Crippen molar-refractivity contribution in [3.05, 3.63) is 0 Å². The molecule has 2 fully saturated rings. The number of guanidine groups is 1. The largest absolute Gasteiger partial charge is 0.381 e. The first-order chi connectivity index (χ1) is 8.57. The molecule has 2 unspecified atom stereocenters. The number of hydrogen-bond acceptors (Lipinski definition) is 2. The minimum absolute atomic E-state index is 0.183. The first-order valence-corrected chi connectivity index (χ1v) is 7.08. The van der Waals surface area contributed by atoms with E-state index in [2.05, 4.69) is 29.5 Å². The van der Waals surface area contributed by atoms with Crippen molar-refractivity contribution in [1.82, 2.24) is 10.6 Å². The highest BCUT2D eigenvalue weighted by atomic mass is 16.5. The zero-order valence-corrected chi connectivity index (χ0v) is 12.1. The summed E-state index contributed by atoms with van der Waals surface area (Å²) in [5.41, 5.74) is 0.183. The fraction of sp³-hybridized carbons (Fsp3) is 0.929. The Morgan fingerprint density at radius 2 is 2.11 bits per heavy atom. The van der Waals surface area contributed by atoms with Gasteiger partial charge in [0.1, 0.15) is 0 Å². The molecule has 0 heterocycles. The van der Waals surface area contributed by atoms with Gasteiger partial charge in [0.2, 0.25) is 0 Å². The van der Waals surface area contributed by atoms with Gasteiger partial charge >= 0.3 is 0 Å². The predicted molar refractivity (Wildman–Crippen MR) is 74.8 cm³/mol. The van der Waals surface area contributed by atoms with Gasteiger partial charge in [0.25, 0.3) is 0 Å². The second kappa shape index (κ2) is 5.47. The summed E-state index contributed by atoms with van der Waals surface area (Å²) >= 11 is 0. The number of nitrogens with one attached hydrogen (secondary N) is 2. The second-order valence-electron chi connectivity index (χ2n) is 6.23. The Kier molecular flexibility index (Phi) is 4.15. The maximum atomic E-state index is 5.47. The molecule has 2 saturated carbocycles. The van der Waals surface area contributed by atoms with Gasteiger partial charge in [0, 0.05) is 32.2 Å². The molecule has 4 heteroatoms. The molecule has 2 N–H and O–H groups in total. The van der Waals surface area contributed by atoms with Crippen molar-refractivity contribution in [2.24, 2.45) is 16.3 Å². The highest BCUT2D eigenvalue weighted by molar-refractivity contribution is 5.80. The van der Waals surface area contributed by atoms with Crippen LogP contribution in [0.5, 0.6) is 0 Å². The number of rotatable bonds is 4. The van der Waals surface area contributed by atoms with Crippen molar-refractivity contribution in [3.8, 4) is 0 Å². The number of ether oxygens (including phenoxy) is 1. The van der Waals surface area contributed by atoms with Crippen LogP contribution in [-0.2, 0) is 4.74 Å². The Bertz CT molecular complexity index is 310. The van der Waals surface area contributed by atoms with Crippen LogP contribution in [0.1, 0.15) is 39.5 Å². The van der Waals surface area contributed by atoms with E-state index in [1.54, 1.807) is 7.11 Å². The molecule has 0 spiro atoms. The van der Waals surface area contributed by atoms with Crippen LogP contribution < -0.4 is 10.6 Å². The summed E-state index contributed by atoms with van der Waals surface area (Å²) in [4.78, 5) is 4.31. The number of nitrogens with zero attached hydrogens (tertiary/aromatic N) is 1. The maximum Gasteiger partial charge on any atom is 0.191 e. The summed E-state index contributed by atoms with van der Waals surface area (Å²) in [6, 6.07) is 0.454. The maximum absolute atomic E-state index is 5.47. The lowest BCUT2D eigenvalue weighted by Gasteiger charge is -2.51. The first kappa shape index (κ1) is 13.7. The van der Waals surface area contributed by atoms with Crippen LogP contribution in [-0.4, -0.2) is 38.8 Å². The zero-order valence-electron chi connectivity index (χ0n) is 12.1. The molecular weight excluding hydrogens is 226 g/mol. The minimum Gasteiger partial charge on any atom is -0.381 e. The van der Waals surface area contributed by atoms with Crippen molar-refractivity contribution in [3.63, 3.8) is 0 Å². The molecule has 4 nitrogen and oxygen atoms in total. The number of aliphatic imine (C=N–C) groups is 1. The predicted octanol–water partition coefficient (Wildman–Crippen LogP) is 1.76. The summed E-state index contributed by atoms with van der Waals surface area (Å²) in [6.45, 7) is 5.56. The fourth-order valence-corrected chi connectivity index (χ4v) is 2.83. The standard InChI is InChI=1S/C14H27N3O/c1-14(2)11(8-12(14)18-4)17-13(15-3)16-9-10-6-5-7-10/h10-12H,5-9H2,1-4H3,(H2,15,16,17). The molecule has 2 rings (SSSR count). The van der Waals surface area contributed by atoms with Crippen molar-refractivity contribution in [2.75, 3.05) is 20.7 Å². The van der Waals surface area contributed by atoms with E-state index in [4.69, 9.17) is 4.74 Å². The number of methoxy groups -OCH3 is 1. The molecule has 2 aliphatic rings. The lowest BCUT2D eigenvalue weighted by molar-refractivity contribution is -0.0922. The smallest absolute Gasteiger partial charge is 0.191 e. The number of hydrogen-bond donors (Lipinski definition) is 2. The molecule has 104 valence electrons. The van der Waals surface area contributed by atoms with Crippen LogP contribution in [0.4, 0.5) is 0 Å². The lowest BCUT2D eigenvalue weighted by Crippen LogP contribution is -2.63. The monoisotopic (exact) mass is 253 g/mol. The van der Waals surface area contributed by atoms with E-state index in [9.17, 15) is 0 Å². The first-order valence-electron chi connectivity index (χ1n) is 7.08. The summed E-state index contributed by atoms with van der Waals surface area (Å²) in [6.07, 6.45) is 5.55. The van der Waals surface area contributed by atoms with E-state index < -0.39 is 0 Å². The van der Waals surface area contributed by atoms with Crippen molar-refractivity contribution in [2.45, 2.75) is 51.7 Å². The van der Waals surface area contributed by atoms with Gasteiger partial charge in [-0.2, -0.15) is 0 Å². The molecule has 0 aliphatic heterocycles. The van der Waals surface area contributed by atoms with E-state index in [1.165, 1.54) is 19.3 Å². The normalized spacial score (nSPS) is 31.4. The molecule has 0 aromatic heterocycles. The molecule has 0 aromatic rings. The van der Waals surface area contributed by atoms with E-state index in [1.807, 2.05) is 7.05 Å². The molecule has 0 bridgehead atoms. The molecule has 18 heavy (non-hydrogen) atoms. The topological polar surface area (TPSA) is 45.7 Å². The molecular formula is C14H27N3O. The van der Waals surface area contributed by atoms with Crippen molar-refractivity contribution >= 4 is 5.96 Å². The highest BCUT2D eigenvalue weighted by Crippen LogP contribution is 2.42. The third-order valence-electron chi connectivity index (χ3n) is 4.78. The van der Waals surface area contributed by atoms with Gasteiger partial charge in [-0.1, -0.05) is 20.3 Å². The Balaban J connectivity index is 1.77. The van der Waals surface area contributed by atoms with Crippen LogP contribution >= 0.6 is 0 Å². The van der Waals surface area contributed by atoms with E-state index in [0.29, 0.717) is 12.1 Å². The summed E-state index contributed by atoms with van der Waals surface area (Å²) in [7, 11) is 3.64. The van der Waals surface area contributed by atoms with E-state index in [-0.39, 0.29) is 5.41 Å². The van der Waals surface area contributed by atoms with E-state index >= 15 is 0 Å². The summed E-state index contributed by atoms with van der Waals surface area (Å²) in [5.74, 6) is 1.79. The van der Waals surface area contributed by atoms with Crippen molar-refractivity contribution < 1.29 is 4.74 Å². The van der Waals surface area contributed by atoms with Crippen molar-refractivity contribution in [1.29, 1.82) is 0 Å². The van der Waals surface area contributed by atoms with Crippen LogP contribution in [0.15, 0.2) is 4.99 Å². The molecule has 0 radical (unpaired) electrons. The lowest BCUT2D eigenvalue weighted by atomic mass is 9.64.